The van der Waals surface area contributed by atoms with E-state index >= 15 is 0 Å². The molecule has 2 amide bonds. The zero-order valence-electron chi connectivity index (χ0n) is 21.1. The Bertz CT molecular complexity index is 1240. The summed E-state index contributed by atoms with van der Waals surface area (Å²) in [4.78, 5) is 27.8. The molecule has 1 aliphatic heterocycles. The van der Waals surface area contributed by atoms with Crippen molar-refractivity contribution in [3.05, 3.63) is 90.0 Å². The predicted octanol–water partition coefficient (Wildman–Crippen LogP) is 3.23. The lowest BCUT2D eigenvalue weighted by Gasteiger charge is -2.27. The number of nitrogens with one attached hydrogen (secondary N) is 3. The monoisotopic (exact) mass is 515 g/mol. The summed E-state index contributed by atoms with van der Waals surface area (Å²) < 4.78 is 5.41. The van der Waals surface area contributed by atoms with Crippen molar-refractivity contribution in [2.24, 2.45) is 0 Å². The Balaban J connectivity index is 1.41. The molecule has 1 fully saturated rings. The summed E-state index contributed by atoms with van der Waals surface area (Å²) >= 11 is 0. The number of ether oxygens (including phenoxy) is 1. The highest BCUT2D eigenvalue weighted by Crippen LogP contribution is 2.20. The summed E-state index contributed by atoms with van der Waals surface area (Å²) in [5.41, 5.74) is 9.14. The van der Waals surface area contributed by atoms with Gasteiger partial charge in [0.25, 0.3) is 0 Å². The molecule has 0 saturated carbocycles. The summed E-state index contributed by atoms with van der Waals surface area (Å²) in [5.74, 6) is -0.364. The van der Waals surface area contributed by atoms with Crippen molar-refractivity contribution in [1.29, 1.82) is 0 Å². The molecular formula is C29H33N5O4. The standard InChI is InChI=1S/C29H33N5O4/c30-25-3-1-2-4-26(25)33-27(36)14-7-21-5-8-22(9-6-21)28(31-15-16-34-17-19-38-20-18-34)29(37)32-23-10-12-24(35)13-11-23/h1-14,28,31,35H,15-20,30H2,(H,32,37)(H,33,36)/b14-7+. The van der Waals surface area contributed by atoms with Crippen LogP contribution in [0.25, 0.3) is 6.08 Å². The van der Waals surface area contributed by atoms with Crippen LogP contribution in [-0.2, 0) is 14.3 Å². The maximum absolute atomic E-state index is 13.2. The number of para-hydroxylation sites is 2. The number of carbonyl (C=O) groups is 2. The fourth-order valence-corrected chi connectivity index (χ4v) is 4.07. The van der Waals surface area contributed by atoms with Crippen molar-refractivity contribution in [3.8, 4) is 5.75 Å². The first kappa shape index (κ1) is 26.9. The molecule has 0 aliphatic carbocycles. The van der Waals surface area contributed by atoms with Crippen molar-refractivity contribution in [1.82, 2.24) is 10.2 Å². The van der Waals surface area contributed by atoms with E-state index in [1.54, 1.807) is 42.5 Å². The Morgan fingerprint density at radius 1 is 0.974 bits per heavy atom. The minimum Gasteiger partial charge on any atom is -0.508 e. The highest BCUT2D eigenvalue weighted by atomic mass is 16.5. The first-order valence-electron chi connectivity index (χ1n) is 12.5. The third kappa shape index (κ3) is 7.91. The van der Waals surface area contributed by atoms with Gasteiger partial charge in [-0.2, -0.15) is 0 Å². The Labute approximate surface area is 222 Å². The van der Waals surface area contributed by atoms with E-state index in [-0.39, 0.29) is 17.6 Å². The van der Waals surface area contributed by atoms with E-state index in [4.69, 9.17) is 10.5 Å². The number of anilines is 3. The van der Waals surface area contributed by atoms with Crippen molar-refractivity contribution in [2.45, 2.75) is 6.04 Å². The molecule has 1 heterocycles. The van der Waals surface area contributed by atoms with Crippen LogP contribution in [0, 0.1) is 0 Å². The number of nitrogens with zero attached hydrogens (tertiary/aromatic N) is 1. The van der Waals surface area contributed by atoms with Gasteiger partial charge in [-0.25, -0.2) is 0 Å². The zero-order valence-corrected chi connectivity index (χ0v) is 21.1. The summed E-state index contributed by atoms with van der Waals surface area (Å²) in [7, 11) is 0. The highest BCUT2D eigenvalue weighted by molar-refractivity contribution is 6.03. The molecule has 198 valence electrons. The number of amides is 2. The van der Waals surface area contributed by atoms with Gasteiger partial charge in [0, 0.05) is 37.9 Å². The quantitative estimate of drug-likeness (QED) is 0.159. The van der Waals surface area contributed by atoms with Crippen molar-refractivity contribution in [3.63, 3.8) is 0 Å². The van der Waals surface area contributed by atoms with Gasteiger partial charge in [-0.05, 0) is 53.6 Å². The first-order valence-corrected chi connectivity index (χ1v) is 12.5. The summed E-state index contributed by atoms with van der Waals surface area (Å²) in [5, 5.41) is 18.6. The number of hydrogen-bond acceptors (Lipinski definition) is 7. The average Bonchev–Trinajstić information content (AvgIpc) is 2.93. The number of benzene rings is 3. The lowest BCUT2D eigenvalue weighted by molar-refractivity contribution is -0.118. The smallest absolute Gasteiger partial charge is 0.248 e. The second kappa shape index (κ2) is 13.4. The Hall–Kier alpha value is -4.18. The number of rotatable bonds is 10. The summed E-state index contributed by atoms with van der Waals surface area (Å²) in [6.07, 6.45) is 3.15. The Morgan fingerprint density at radius 2 is 1.68 bits per heavy atom. The van der Waals surface area contributed by atoms with Crippen LogP contribution in [0.4, 0.5) is 17.1 Å². The molecule has 9 nitrogen and oxygen atoms in total. The van der Waals surface area contributed by atoms with Crippen LogP contribution in [0.5, 0.6) is 5.75 Å². The molecule has 0 aromatic heterocycles. The third-order valence-corrected chi connectivity index (χ3v) is 6.19. The molecule has 1 unspecified atom stereocenters. The molecule has 6 N–H and O–H groups in total. The van der Waals surface area contributed by atoms with Gasteiger partial charge < -0.3 is 31.5 Å². The molecule has 0 bridgehead atoms. The van der Waals surface area contributed by atoms with Crippen LogP contribution in [0.2, 0.25) is 0 Å². The first-order chi connectivity index (χ1) is 18.5. The molecule has 1 aliphatic rings. The van der Waals surface area contributed by atoms with Crippen LogP contribution >= 0.6 is 0 Å². The lowest BCUT2D eigenvalue weighted by atomic mass is 10.0. The van der Waals surface area contributed by atoms with Crippen LogP contribution < -0.4 is 21.7 Å². The number of phenolic OH excluding ortho intramolecular Hbond substituents is 1. The van der Waals surface area contributed by atoms with Crippen LogP contribution in [0.1, 0.15) is 17.2 Å². The fourth-order valence-electron chi connectivity index (χ4n) is 4.07. The molecule has 38 heavy (non-hydrogen) atoms. The molecule has 4 rings (SSSR count). The zero-order chi connectivity index (χ0) is 26.7. The fraction of sp³-hybridized carbons (Fsp3) is 0.241. The Kier molecular flexibility index (Phi) is 9.47. The van der Waals surface area contributed by atoms with E-state index in [2.05, 4.69) is 20.9 Å². The molecule has 0 radical (unpaired) electrons. The number of nitrogens with two attached hydrogens (primary N) is 1. The van der Waals surface area contributed by atoms with Gasteiger partial charge in [-0.3, -0.25) is 14.5 Å². The number of phenols is 1. The summed E-state index contributed by atoms with van der Waals surface area (Å²) in [6.45, 7) is 4.61. The molecule has 1 saturated heterocycles. The van der Waals surface area contributed by atoms with E-state index < -0.39 is 6.04 Å². The number of carbonyl (C=O) groups excluding carboxylic acids is 2. The van der Waals surface area contributed by atoms with E-state index in [0.717, 1.165) is 44.0 Å². The van der Waals surface area contributed by atoms with Crippen LogP contribution in [-0.4, -0.2) is 61.2 Å². The molecule has 9 heteroatoms. The minimum absolute atomic E-state index is 0.132. The average molecular weight is 516 g/mol. The molecule has 1 atom stereocenters. The van der Waals surface area contributed by atoms with Gasteiger partial charge >= 0.3 is 0 Å². The number of aromatic hydroxyl groups is 1. The number of hydrogen-bond donors (Lipinski definition) is 5. The van der Waals surface area contributed by atoms with Crippen molar-refractivity contribution >= 4 is 35.0 Å². The summed E-state index contributed by atoms with van der Waals surface area (Å²) in [6, 6.07) is 20.3. The molecular weight excluding hydrogens is 482 g/mol. The molecule has 3 aromatic carbocycles. The normalized spacial score (nSPS) is 14.7. The van der Waals surface area contributed by atoms with Crippen LogP contribution in [0.15, 0.2) is 78.9 Å². The van der Waals surface area contributed by atoms with E-state index in [1.807, 2.05) is 24.3 Å². The topological polar surface area (TPSA) is 129 Å². The van der Waals surface area contributed by atoms with E-state index in [9.17, 15) is 14.7 Å². The predicted molar refractivity (Wildman–Crippen MR) is 150 cm³/mol. The number of morpholine rings is 1. The van der Waals surface area contributed by atoms with Gasteiger partial charge in [0.15, 0.2) is 0 Å². The van der Waals surface area contributed by atoms with Crippen molar-refractivity contribution in [2.75, 3.05) is 55.8 Å². The molecule has 0 spiro atoms. The lowest BCUT2D eigenvalue weighted by Crippen LogP contribution is -2.42. The number of nitrogen functional groups attached to an aromatic ring is 1. The van der Waals surface area contributed by atoms with Gasteiger partial charge in [0.1, 0.15) is 11.8 Å². The maximum Gasteiger partial charge on any atom is 0.248 e. The van der Waals surface area contributed by atoms with Gasteiger partial charge in [-0.1, -0.05) is 36.4 Å². The third-order valence-electron chi connectivity index (χ3n) is 6.19. The van der Waals surface area contributed by atoms with Gasteiger partial charge in [0.05, 0.1) is 24.6 Å². The van der Waals surface area contributed by atoms with Crippen molar-refractivity contribution < 1.29 is 19.4 Å². The minimum atomic E-state index is -0.591. The SMILES string of the molecule is Nc1ccccc1NC(=O)/C=C/c1ccc(C(NCCN2CCOCC2)C(=O)Nc2ccc(O)cc2)cc1. The van der Waals surface area contributed by atoms with E-state index in [0.29, 0.717) is 23.6 Å². The highest BCUT2D eigenvalue weighted by Gasteiger charge is 2.21. The largest absolute Gasteiger partial charge is 0.508 e. The molecule has 3 aromatic rings. The second-order valence-corrected chi connectivity index (χ2v) is 8.95. The Morgan fingerprint density at radius 3 is 2.39 bits per heavy atom. The van der Waals surface area contributed by atoms with Gasteiger partial charge in [-0.15, -0.1) is 0 Å². The van der Waals surface area contributed by atoms with E-state index in [1.165, 1.54) is 18.2 Å². The second-order valence-electron chi connectivity index (χ2n) is 8.95. The van der Waals surface area contributed by atoms with Crippen LogP contribution in [0.3, 0.4) is 0 Å². The maximum atomic E-state index is 13.2. The van der Waals surface area contributed by atoms with Gasteiger partial charge in [0.2, 0.25) is 11.8 Å².